The minimum atomic E-state index is -0.636. The summed E-state index contributed by atoms with van der Waals surface area (Å²) in [6.45, 7) is 1.53. The molecule has 2 rings (SSSR count). The topological polar surface area (TPSA) is 78.8 Å². The Morgan fingerprint density at radius 2 is 2.04 bits per heavy atom. The molecule has 5 atom stereocenters. The summed E-state index contributed by atoms with van der Waals surface area (Å²) in [6, 6.07) is 9.58. The first-order valence-corrected chi connectivity index (χ1v) is 8.76. The number of aliphatic hydroxyl groups is 2. The molecule has 1 aliphatic rings. The van der Waals surface area contributed by atoms with Crippen molar-refractivity contribution in [3.63, 3.8) is 0 Å². The highest BCUT2D eigenvalue weighted by Crippen LogP contribution is 2.31. The zero-order chi connectivity index (χ0) is 17.5. The number of carbonyl (C=O) groups excluding carboxylic acids is 1. The summed E-state index contributed by atoms with van der Waals surface area (Å²) >= 11 is 0. The zero-order valence-corrected chi connectivity index (χ0v) is 14.5. The molecule has 1 unspecified atom stereocenters. The van der Waals surface area contributed by atoms with Gasteiger partial charge in [0.05, 0.1) is 12.7 Å². The summed E-state index contributed by atoms with van der Waals surface area (Å²) in [6.07, 6.45) is 2.65. The number of nitrogens with one attached hydrogen (secondary N) is 1. The second-order valence-corrected chi connectivity index (χ2v) is 6.76. The van der Waals surface area contributed by atoms with Crippen molar-refractivity contribution >= 4 is 5.97 Å². The van der Waals surface area contributed by atoms with Crippen LogP contribution < -0.4 is 5.32 Å². The molecule has 1 aromatic rings. The van der Waals surface area contributed by atoms with Gasteiger partial charge in [-0.2, -0.15) is 0 Å². The molecule has 0 bridgehead atoms. The number of hydrogen-bond donors (Lipinski definition) is 3. The van der Waals surface area contributed by atoms with Crippen LogP contribution in [-0.2, 0) is 9.53 Å². The third-order valence-electron chi connectivity index (χ3n) is 4.90. The molecule has 0 aliphatic heterocycles. The summed E-state index contributed by atoms with van der Waals surface area (Å²) in [4.78, 5) is 12.5. The monoisotopic (exact) mass is 335 g/mol. The molecule has 1 aliphatic carbocycles. The highest BCUT2D eigenvalue weighted by molar-refractivity contribution is 5.78. The van der Waals surface area contributed by atoms with Gasteiger partial charge in [-0.25, -0.2) is 0 Å². The maximum Gasteiger partial charge on any atom is 0.316 e. The van der Waals surface area contributed by atoms with Gasteiger partial charge in [0.2, 0.25) is 0 Å². The molecule has 3 N–H and O–H groups in total. The van der Waals surface area contributed by atoms with Crippen molar-refractivity contribution in [2.75, 3.05) is 13.7 Å². The fourth-order valence-corrected chi connectivity index (χ4v) is 3.65. The number of benzene rings is 1. The van der Waals surface area contributed by atoms with E-state index in [-0.39, 0.29) is 30.7 Å². The Bertz CT molecular complexity index is 505. The molecule has 1 aromatic carbocycles. The molecule has 0 aromatic heterocycles. The van der Waals surface area contributed by atoms with Crippen molar-refractivity contribution in [3.8, 4) is 0 Å². The van der Waals surface area contributed by atoms with Gasteiger partial charge in [0.25, 0.3) is 0 Å². The lowest BCUT2D eigenvalue weighted by atomic mass is 9.79. The average Bonchev–Trinajstić information content (AvgIpc) is 2.56. The lowest BCUT2D eigenvalue weighted by molar-refractivity contribution is -0.154. The molecular formula is C19H29NO4. The number of aliphatic hydroxyl groups excluding tert-OH is 2. The Labute approximate surface area is 144 Å². The van der Waals surface area contributed by atoms with Crippen LogP contribution in [0.3, 0.4) is 0 Å². The molecular weight excluding hydrogens is 306 g/mol. The van der Waals surface area contributed by atoms with Crippen LogP contribution in [0.25, 0.3) is 0 Å². The second-order valence-electron chi connectivity index (χ2n) is 6.76. The second kappa shape index (κ2) is 9.16. The first-order chi connectivity index (χ1) is 11.5. The van der Waals surface area contributed by atoms with Crippen molar-refractivity contribution in [1.29, 1.82) is 0 Å². The molecule has 24 heavy (non-hydrogen) atoms. The SMILES string of the molecule is CNC1CC[C@@H](OC(=O)[C@H](CO)c2ccccc2)C[C@@H]1C[C@@H](C)O. The lowest BCUT2D eigenvalue weighted by Crippen LogP contribution is -2.43. The molecule has 1 fully saturated rings. The van der Waals surface area contributed by atoms with E-state index in [1.807, 2.05) is 37.4 Å². The minimum Gasteiger partial charge on any atom is -0.462 e. The maximum atomic E-state index is 12.5. The van der Waals surface area contributed by atoms with Crippen molar-refractivity contribution in [1.82, 2.24) is 5.32 Å². The Balaban J connectivity index is 1.97. The molecule has 134 valence electrons. The van der Waals surface area contributed by atoms with Crippen LogP contribution in [0, 0.1) is 5.92 Å². The largest absolute Gasteiger partial charge is 0.462 e. The number of hydrogen-bond acceptors (Lipinski definition) is 5. The van der Waals surface area contributed by atoms with E-state index in [1.54, 1.807) is 6.92 Å². The number of carbonyl (C=O) groups is 1. The van der Waals surface area contributed by atoms with Crippen LogP contribution in [-0.4, -0.2) is 48.1 Å². The standard InChI is InChI=1S/C19H29NO4/c1-13(22)10-15-11-16(8-9-18(15)20-2)24-19(23)17(12-21)14-6-4-3-5-7-14/h3-7,13,15-18,20-22H,8-12H2,1-2H3/t13-,15+,16-,17-,18?/m1/s1. The number of esters is 1. The van der Waals surface area contributed by atoms with E-state index in [0.717, 1.165) is 24.8 Å². The van der Waals surface area contributed by atoms with Gasteiger partial charge in [0.15, 0.2) is 0 Å². The van der Waals surface area contributed by atoms with Crippen LogP contribution >= 0.6 is 0 Å². The average molecular weight is 335 g/mol. The molecule has 0 amide bonds. The van der Waals surface area contributed by atoms with Crippen molar-refractivity contribution < 1.29 is 19.7 Å². The van der Waals surface area contributed by atoms with Gasteiger partial charge in [-0.15, -0.1) is 0 Å². The predicted octanol–water partition coefficient (Wildman–Crippen LogP) is 1.83. The van der Waals surface area contributed by atoms with E-state index in [2.05, 4.69) is 5.32 Å². The Morgan fingerprint density at radius 1 is 1.33 bits per heavy atom. The van der Waals surface area contributed by atoms with Crippen LogP contribution in [0.4, 0.5) is 0 Å². The Hall–Kier alpha value is -1.43. The smallest absolute Gasteiger partial charge is 0.316 e. The summed E-state index contributed by atoms with van der Waals surface area (Å²) < 4.78 is 5.70. The van der Waals surface area contributed by atoms with Gasteiger partial charge in [-0.3, -0.25) is 4.79 Å². The Kier molecular flexibility index (Phi) is 7.21. The van der Waals surface area contributed by atoms with Crippen LogP contribution in [0.15, 0.2) is 30.3 Å². The van der Waals surface area contributed by atoms with Crippen LogP contribution in [0.1, 0.15) is 44.1 Å². The van der Waals surface area contributed by atoms with Gasteiger partial charge in [0, 0.05) is 6.04 Å². The summed E-state index contributed by atoms with van der Waals surface area (Å²) in [5.41, 5.74) is 0.773. The van der Waals surface area contributed by atoms with Gasteiger partial charge < -0.3 is 20.3 Å². The first kappa shape index (κ1) is 18.9. The van der Waals surface area contributed by atoms with Crippen molar-refractivity contribution in [2.24, 2.45) is 5.92 Å². The van der Waals surface area contributed by atoms with E-state index in [4.69, 9.17) is 4.74 Å². The van der Waals surface area contributed by atoms with Gasteiger partial charge >= 0.3 is 5.97 Å². The predicted molar refractivity (Wildman–Crippen MR) is 92.6 cm³/mol. The van der Waals surface area contributed by atoms with Crippen LogP contribution in [0.5, 0.6) is 0 Å². The maximum absolute atomic E-state index is 12.5. The van der Waals surface area contributed by atoms with Crippen molar-refractivity contribution in [2.45, 2.75) is 56.8 Å². The molecule has 1 saturated carbocycles. The van der Waals surface area contributed by atoms with E-state index in [9.17, 15) is 15.0 Å². The molecule has 0 heterocycles. The molecule has 0 saturated heterocycles. The highest BCUT2D eigenvalue weighted by Gasteiger charge is 2.33. The zero-order valence-electron chi connectivity index (χ0n) is 14.5. The minimum absolute atomic E-state index is 0.149. The van der Waals surface area contributed by atoms with E-state index < -0.39 is 5.92 Å². The van der Waals surface area contributed by atoms with E-state index in [1.165, 1.54) is 0 Å². The third kappa shape index (κ3) is 5.03. The normalized spacial score (nSPS) is 26.6. The van der Waals surface area contributed by atoms with Gasteiger partial charge in [0.1, 0.15) is 12.0 Å². The third-order valence-corrected chi connectivity index (χ3v) is 4.90. The van der Waals surface area contributed by atoms with Crippen LogP contribution in [0.2, 0.25) is 0 Å². The van der Waals surface area contributed by atoms with Crippen molar-refractivity contribution in [3.05, 3.63) is 35.9 Å². The lowest BCUT2D eigenvalue weighted by Gasteiger charge is -2.36. The van der Waals surface area contributed by atoms with E-state index >= 15 is 0 Å². The van der Waals surface area contributed by atoms with E-state index in [0.29, 0.717) is 12.5 Å². The molecule has 5 heteroatoms. The van der Waals surface area contributed by atoms with Gasteiger partial charge in [-0.1, -0.05) is 30.3 Å². The fourth-order valence-electron chi connectivity index (χ4n) is 3.65. The summed E-state index contributed by atoms with van der Waals surface area (Å²) in [5, 5.41) is 22.6. The Morgan fingerprint density at radius 3 is 2.62 bits per heavy atom. The molecule has 5 nitrogen and oxygen atoms in total. The number of rotatable bonds is 7. The summed E-state index contributed by atoms with van der Waals surface area (Å²) in [7, 11) is 1.93. The molecule has 0 spiro atoms. The number of ether oxygens (including phenoxy) is 1. The van der Waals surface area contributed by atoms with Gasteiger partial charge in [-0.05, 0) is 51.1 Å². The molecule has 0 radical (unpaired) electrons. The quantitative estimate of drug-likeness (QED) is 0.663. The summed E-state index contributed by atoms with van der Waals surface area (Å²) in [5.74, 6) is -0.721. The fraction of sp³-hybridized carbons (Fsp3) is 0.632. The first-order valence-electron chi connectivity index (χ1n) is 8.76. The highest BCUT2D eigenvalue weighted by atomic mass is 16.5.